The predicted molar refractivity (Wildman–Crippen MR) is 127 cm³/mol. The zero-order chi connectivity index (χ0) is 22.7. The van der Waals surface area contributed by atoms with Gasteiger partial charge < -0.3 is 0 Å². The van der Waals surface area contributed by atoms with E-state index in [2.05, 4.69) is 15.5 Å². The van der Waals surface area contributed by atoms with Crippen LogP contribution in [0.15, 0.2) is 83.8 Å². The first kappa shape index (κ1) is 21.9. The van der Waals surface area contributed by atoms with E-state index in [4.69, 9.17) is 11.6 Å². The van der Waals surface area contributed by atoms with Gasteiger partial charge in [0.05, 0.1) is 10.6 Å². The summed E-state index contributed by atoms with van der Waals surface area (Å²) in [5.41, 5.74) is 1.65. The van der Waals surface area contributed by atoms with E-state index in [0.717, 1.165) is 5.56 Å². The minimum absolute atomic E-state index is 0.192. The van der Waals surface area contributed by atoms with Crippen molar-refractivity contribution in [2.24, 2.45) is 0 Å². The van der Waals surface area contributed by atoms with Crippen LogP contribution in [0.25, 0.3) is 10.6 Å². The molecule has 32 heavy (non-hydrogen) atoms. The van der Waals surface area contributed by atoms with Gasteiger partial charge in [-0.1, -0.05) is 53.3 Å². The van der Waals surface area contributed by atoms with Gasteiger partial charge >= 0.3 is 0 Å². The third-order valence-corrected chi connectivity index (χ3v) is 7.57. The van der Waals surface area contributed by atoms with Crippen LogP contribution >= 0.6 is 22.9 Å². The molecule has 0 unspecified atom stereocenters. The molecule has 1 amide bonds. The van der Waals surface area contributed by atoms with Crippen molar-refractivity contribution in [1.82, 2.24) is 10.2 Å². The second-order valence-electron chi connectivity index (χ2n) is 6.71. The van der Waals surface area contributed by atoms with E-state index in [0.29, 0.717) is 26.4 Å². The Balaban J connectivity index is 1.46. The number of aromatic nitrogens is 2. The third-order valence-electron chi connectivity index (χ3n) is 4.63. The number of amides is 1. The standard InChI is InChI=1S/C22H17ClN4O3S2/c1-27(32(29,30)19-5-3-2-4-6-19)18-13-9-15(10-14-18)20(28)24-22-26-25-21(31-22)16-7-11-17(23)12-8-16/h2-14H,1H3,(H,24,26,28). The average Bonchev–Trinajstić information content (AvgIpc) is 3.28. The zero-order valence-corrected chi connectivity index (χ0v) is 19.2. The number of sulfonamides is 1. The van der Waals surface area contributed by atoms with Crippen LogP contribution in [0.5, 0.6) is 0 Å². The molecule has 10 heteroatoms. The average molecular weight is 485 g/mol. The molecule has 0 aliphatic carbocycles. The maximum Gasteiger partial charge on any atom is 0.264 e. The van der Waals surface area contributed by atoms with Crippen LogP contribution in [0.2, 0.25) is 5.02 Å². The fourth-order valence-corrected chi connectivity index (χ4v) is 4.95. The van der Waals surface area contributed by atoms with Gasteiger partial charge in [0.2, 0.25) is 5.13 Å². The molecule has 1 heterocycles. The number of carbonyl (C=O) groups is 1. The lowest BCUT2D eigenvalue weighted by molar-refractivity contribution is 0.102. The van der Waals surface area contributed by atoms with E-state index in [1.54, 1.807) is 54.6 Å². The first-order chi connectivity index (χ1) is 15.3. The Morgan fingerprint density at radius 3 is 2.25 bits per heavy atom. The number of halogens is 1. The molecule has 1 aromatic heterocycles. The van der Waals surface area contributed by atoms with Gasteiger partial charge in [0.1, 0.15) is 5.01 Å². The van der Waals surface area contributed by atoms with Crippen molar-refractivity contribution in [1.29, 1.82) is 0 Å². The molecule has 162 valence electrons. The number of nitrogens with one attached hydrogen (secondary N) is 1. The van der Waals surface area contributed by atoms with Gasteiger partial charge in [-0.05, 0) is 48.5 Å². The number of anilines is 2. The highest BCUT2D eigenvalue weighted by atomic mass is 35.5. The van der Waals surface area contributed by atoms with E-state index in [9.17, 15) is 13.2 Å². The highest BCUT2D eigenvalue weighted by molar-refractivity contribution is 7.92. The predicted octanol–water partition coefficient (Wildman–Crippen LogP) is 4.94. The number of hydrogen-bond acceptors (Lipinski definition) is 6. The fraction of sp³-hybridized carbons (Fsp3) is 0.0455. The van der Waals surface area contributed by atoms with Gasteiger partial charge in [-0.3, -0.25) is 14.4 Å². The SMILES string of the molecule is CN(c1ccc(C(=O)Nc2nnc(-c3ccc(Cl)cc3)s2)cc1)S(=O)(=O)c1ccccc1. The van der Waals surface area contributed by atoms with Gasteiger partial charge in [0.15, 0.2) is 0 Å². The second-order valence-corrected chi connectivity index (χ2v) is 10.1. The summed E-state index contributed by atoms with van der Waals surface area (Å²) < 4.78 is 26.7. The molecule has 4 rings (SSSR count). The molecule has 0 fully saturated rings. The topological polar surface area (TPSA) is 92.3 Å². The monoisotopic (exact) mass is 484 g/mol. The van der Waals surface area contributed by atoms with Gasteiger partial charge in [-0.15, -0.1) is 10.2 Å². The fourth-order valence-electron chi connectivity index (χ4n) is 2.86. The van der Waals surface area contributed by atoms with Crippen LogP contribution in [-0.4, -0.2) is 31.6 Å². The maximum absolute atomic E-state index is 12.8. The van der Waals surface area contributed by atoms with E-state index in [1.165, 1.54) is 34.8 Å². The Labute approximate surface area is 194 Å². The van der Waals surface area contributed by atoms with Gasteiger partial charge in [-0.25, -0.2) is 8.42 Å². The van der Waals surface area contributed by atoms with Gasteiger partial charge in [0, 0.05) is 23.2 Å². The Hall–Kier alpha value is -3.27. The van der Waals surface area contributed by atoms with Crippen molar-refractivity contribution in [3.05, 3.63) is 89.4 Å². The Morgan fingerprint density at radius 1 is 0.938 bits per heavy atom. The molecule has 0 saturated heterocycles. The Kier molecular flexibility index (Phi) is 6.22. The largest absolute Gasteiger partial charge is 0.296 e. The molecule has 0 atom stereocenters. The first-order valence-electron chi connectivity index (χ1n) is 9.39. The molecule has 0 saturated carbocycles. The smallest absolute Gasteiger partial charge is 0.264 e. The third kappa shape index (κ3) is 4.64. The Morgan fingerprint density at radius 2 is 1.59 bits per heavy atom. The molecule has 0 radical (unpaired) electrons. The lowest BCUT2D eigenvalue weighted by atomic mass is 10.2. The van der Waals surface area contributed by atoms with Crippen molar-refractivity contribution >= 4 is 49.7 Å². The minimum atomic E-state index is -3.69. The molecule has 0 aliphatic rings. The summed E-state index contributed by atoms with van der Waals surface area (Å²) in [5.74, 6) is -0.371. The summed E-state index contributed by atoms with van der Waals surface area (Å²) in [4.78, 5) is 12.8. The molecular weight excluding hydrogens is 468 g/mol. The maximum atomic E-state index is 12.8. The molecule has 0 bridgehead atoms. The van der Waals surface area contributed by atoms with Crippen LogP contribution in [0.3, 0.4) is 0 Å². The number of carbonyl (C=O) groups excluding carboxylic acids is 1. The minimum Gasteiger partial charge on any atom is -0.296 e. The van der Waals surface area contributed by atoms with Crippen molar-refractivity contribution in [2.45, 2.75) is 4.90 Å². The summed E-state index contributed by atoms with van der Waals surface area (Å²) in [6, 6.07) is 21.6. The number of nitrogens with zero attached hydrogens (tertiary/aromatic N) is 3. The van der Waals surface area contributed by atoms with Crippen LogP contribution in [0.4, 0.5) is 10.8 Å². The van der Waals surface area contributed by atoms with E-state index in [-0.39, 0.29) is 10.8 Å². The first-order valence-corrected chi connectivity index (χ1v) is 12.0. The second kappa shape index (κ2) is 9.07. The van der Waals surface area contributed by atoms with Crippen LogP contribution < -0.4 is 9.62 Å². The number of benzene rings is 3. The summed E-state index contributed by atoms with van der Waals surface area (Å²) in [6.07, 6.45) is 0. The molecular formula is C22H17ClN4O3S2. The number of rotatable bonds is 6. The summed E-state index contributed by atoms with van der Waals surface area (Å²) >= 11 is 7.14. The van der Waals surface area contributed by atoms with Crippen LogP contribution in [0, 0.1) is 0 Å². The van der Waals surface area contributed by atoms with Crippen molar-refractivity contribution in [2.75, 3.05) is 16.7 Å². The van der Waals surface area contributed by atoms with Gasteiger partial charge in [-0.2, -0.15) is 0 Å². The summed E-state index contributed by atoms with van der Waals surface area (Å²) in [7, 11) is -2.22. The van der Waals surface area contributed by atoms with E-state index in [1.807, 2.05) is 12.1 Å². The zero-order valence-electron chi connectivity index (χ0n) is 16.8. The summed E-state index contributed by atoms with van der Waals surface area (Å²) in [5, 5.41) is 12.4. The highest BCUT2D eigenvalue weighted by Gasteiger charge is 2.21. The van der Waals surface area contributed by atoms with Gasteiger partial charge in [0.25, 0.3) is 15.9 Å². The lowest BCUT2D eigenvalue weighted by Crippen LogP contribution is -2.26. The molecule has 4 aromatic rings. The number of hydrogen-bond donors (Lipinski definition) is 1. The normalized spacial score (nSPS) is 11.2. The van der Waals surface area contributed by atoms with E-state index >= 15 is 0 Å². The van der Waals surface area contributed by atoms with Crippen molar-refractivity contribution < 1.29 is 13.2 Å². The molecule has 0 aliphatic heterocycles. The Bertz CT molecular complexity index is 1340. The molecule has 7 nitrogen and oxygen atoms in total. The van der Waals surface area contributed by atoms with Crippen LogP contribution in [-0.2, 0) is 10.0 Å². The summed E-state index contributed by atoms with van der Waals surface area (Å²) in [6.45, 7) is 0. The highest BCUT2D eigenvalue weighted by Crippen LogP contribution is 2.28. The van der Waals surface area contributed by atoms with Crippen LogP contribution in [0.1, 0.15) is 10.4 Å². The molecule has 3 aromatic carbocycles. The van der Waals surface area contributed by atoms with E-state index < -0.39 is 10.0 Å². The molecule has 1 N–H and O–H groups in total. The van der Waals surface area contributed by atoms with Crippen molar-refractivity contribution in [3.8, 4) is 10.6 Å². The lowest BCUT2D eigenvalue weighted by Gasteiger charge is -2.19. The molecule has 0 spiro atoms. The van der Waals surface area contributed by atoms with Crippen molar-refractivity contribution in [3.63, 3.8) is 0 Å². The quantitative estimate of drug-likeness (QED) is 0.418.